The van der Waals surface area contributed by atoms with Gasteiger partial charge in [-0.2, -0.15) is 13.2 Å². The van der Waals surface area contributed by atoms with Crippen LogP contribution in [-0.4, -0.2) is 17.6 Å². The van der Waals surface area contributed by atoms with Gasteiger partial charge in [0.1, 0.15) is 12.4 Å². The number of hydrogen-bond donors (Lipinski definition) is 2. The van der Waals surface area contributed by atoms with Crippen LogP contribution < -0.4 is 10.1 Å². The standard InChI is InChI=1S/C21H18F3NO3S/c22-21(23,24)18-9-2-1-8-17(18)19(26)12-25-20(27)14-5-3-6-15(11-14)28-13-16-7-4-10-29-16/h1-11,19,26H,12-13H2,(H,25,27). The van der Waals surface area contributed by atoms with Crippen molar-refractivity contribution in [3.8, 4) is 5.75 Å². The summed E-state index contributed by atoms with van der Waals surface area (Å²) in [7, 11) is 0. The summed E-state index contributed by atoms with van der Waals surface area (Å²) >= 11 is 1.55. The molecule has 2 N–H and O–H groups in total. The monoisotopic (exact) mass is 421 g/mol. The molecule has 2 aromatic carbocycles. The van der Waals surface area contributed by atoms with Crippen molar-refractivity contribution < 1.29 is 27.8 Å². The summed E-state index contributed by atoms with van der Waals surface area (Å²) in [4.78, 5) is 13.4. The van der Waals surface area contributed by atoms with E-state index in [2.05, 4.69) is 5.32 Å². The van der Waals surface area contributed by atoms with Crippen molar-refractivity contribution in [1.29, 1.82) is 0 Å². The average Bonchev–Trinajstić information content (AvgIpc) is 3.23. The summed E-state index contributed by atoms with van der Waals surface area (Å²) < 4.78 is 44.9. The summed E-state index contributed by atoms with van der Waals surface area (Å²) in [6, 6.07) is 15.0. The molecule has 3 rings (SSSR count). The molecule has 0 bridgehead atoms. The van der Waals surface area contributed by atoms with E-state index in [0.29, 0.717) is 12.4 Å². The molecule has 0 fully saturated rings. The van der Waals surface area contributed by atoms with E-state index < -0.39 is 23.8 Å². The van der Waals surface area contributed by atoms with E-state index in [4.69, 9.17) is 4.74 Å². The van der Waals surface area contributed by atoms with Crippen LogP contribution in [0.25, 0.3) is 0 Å². The third-order valence-electron chi connectivity index (χ3n) is 4.14. The number of carbonyl (C=O) groups is 1. The predicted molar refractivity (Wildman–Crippen MR) is 104 cm³/mol. The van der Waals surface area contributed by atoms with E-state index in [-0.39, 0.29) is 17.7 Å². The van der Waals surface area contributed by atoms with Gasteiger partial charge < -0.3 is 15.2 Å². The molecule has 8 heteroatoms. The van der Waals surface area contributed by atoms with Crippen LogP contribution in [0, 0.1) is 0 Å². The number of alkyl halides is 3. The number of carbonyl (C=O) groups excluding carboxylic acids is 1. The van der Waals surface area contributed by atoms with Gasteiger partial charge in [-0.3, -0.25) is 4.79 Å². The molecule has 0 radical (unpaired) electrons. The molecule has 29 heavy (non-hydrogen) atoms. The van der Waals surface area contributed by atoms with Crippen LogP contribution in [0.3, 0.4) is 0 Å². The average molecular weight is 421 g/mol. The molecule has 0 aliphatic rings. The van der Waals surface area contributed by atoms with Crippen LogP contribution in [0.4, 0.5) is 13.2 Å². The van der Waals surface area contributed by atoms with Crippen LogP contribution >= 0.6 is 11.3 Å². The first-order chi connectivity index (χ1) is 13.8. The van der Waals surface area contributed by atoms with Crippen LogP contribution in [0.2, 0.25) is 0 Å². The minimum Gasteiger partial charge on any atom is -0.488 e. The molecule has 1 heterocycles. The van der Waals surface area contributed by atoms with Gasteiger partial charge in [0.25, 0.3) is 5.91 Å². The van der Waals surface area contributed by atoms with E-state index >= 15 is 0 Å². The lowest BCUT2D eigenvalue weighted by Crippen LogP contribution is -2.29. The number of hydrogen-bond acceptors (Lipinski definition) is 4. The number of rotatable bonds is 7. The Hall–Kier alpha value is -2.84. The zero-order chi connectivity index (χ0) is 20.9. The lowest BCUT2D eigenvalue weighted by Gasteiger charge is -2.18. The quantitative estimate of drug-likeness (QED) is 0.576. The van der Waals surface area contributed by atoms with Crippen molar-refractivity contribution in [3.05, 3.63) is 87.6 Å². The van der Waals surface area contributed by atoms with Crippen molar-refractivity contribution >= 4 is 17.2 Å². The number of benzene rings is 2. The maximum atomic E-state index is 13.1. The Bertz CT molecular complexity index is 958. The topological polar surface area (TPSA) is 58.6 Å². The molecule has 0 aliphatic heterocycles. The molecule has 1 aromatic heterocycles. The van der Waals surface area contributed by atoms with Gasteiger partial charge in [0.2, 0.25) is 0 Å². The van der Waals surface area contributed by atoms with Crippen molar-refractivity contribution in [2.45, 2.75) is 18.9 Å². The predicted octanol–water partition coefficient (Wildman–Crippen LogP) is 4.81. The Morgan fingerprint density at radius 2 is 1.90 bits per heavy atom. The first-order valence-electron chi connectivity index (χ1n) is 8.72. The van der Waals surface area contributed by atoms with Gasteiger partial charge in [0.05, 0.1) is 11.7 Å². The molecule has 1 amide bonds. The maximum absolute atomic E-state index is 13.1. The van der Waals surface area contributed by atoms with Crippen LogP contribution in [0.1, 0.15) is 32.5 Å². The fourth-order valence-corrected chi connectivity index (χ4v) is 3.34. The molecular formula is C21H18F3NO3S. The second-order valence-corrected chi connectivity index (χ2v) is 7.24. The Kier molecular flexibility index (Phi) is 6.56. The molecule has 0 aliphatic carbocycles. The van der Waals surface area contributed by atoms with E-state index in [1.54, 1.807) is 35.6 Å². The Labute approximate surface area is 169 Å². The van der Waals surface area contributed by atoms with Gasteiger partial charge >= 0.3 is 6.18 Å². The van der Waals surface area contributed by atoms with E-state index in [1.807, 2.05) is 17.5 Å². The van der Waals surface area contributed by atoms with Gasteiger partial charge in [0, 0.05) is 17.0 Å². The fraction of sp³-hybridized carbons (Fsp3) is 0.190. The normalized spacial score (nSPS) is 12.4. The summed E-state index contributed by atoms with van der Waals surface area (Å²) in [6.45, 7) is 0.0158. The third kappa shape index (κ3) is 5.58. The van der Waals surface area contributed by atoms with E-state index in [0.717, 1.165) is 10.9 Å². The molecule has 0 spiro atoms. The number of aliphatic hydroxyl groups excluding tert-OH is 1. The highest BCUT2D eigenvalue weighted by Gasteiger charge is 2.34. The Morgan fingerprint density at radius 1 is 1.10 bits per heavy atom. The van der Waals surface area contributed by atoms with Gasteiger partial charge in [-0.05, 0) is 41.3 Å². The molecule has 3 aromatic rings. The molecule has 4 nitrogen and oxygen atoms in total. The number of thiophene rings is 1. The highest BCUT2D eigenvalue weighted by molar-refractivity contribution is 7.09. The van der Waals surface area contributed by atoms with Crippen molar-refractivity contribution in [2.75, 3.05) is 6.54 Å². The highest BCUT2D eigenvalue weighted by atomic mass is 32.1. The Morgan fingerprint density at radius 3 is 2.62 bits per heavy atom. The molecule has 0 saturated heterocycles. The van der Waals surface area contributed by atoms with Gasteiger partial charge in [-0.1, -0.05) is 30.3 Å². The first kappa shape index (κ1) is 20.9. The second-order valence-electron chi connectivity index (χ2n) is 6.21. The molecule has 152 valence electrons. The molecule has 0 saturated carbocycles. The van der Waals surface area contributed by atoms with Gasteiger partial charge in [-0.15, -0.1) is 11.3 Å². The number of aliphatic hydroxyl groups is 1. The maximum Gasteiger partial charge on any atom is 0.416 e. The van der Waals surface area contributed by atoms with Crippen LogP contribution in [0.15, 0.2) is 66.0 Å². The summed E-state index contributed by atoms with van der Waals surface area (Å²) in [5.74, 6) is -0.0240. The number of nitrogens with one attached hydrogen (secondary N) is 1. The van der Waals surface area contributed by atoms with E-state index in [9.17, 15) is 23.1 Å². The molecular weight excluding hydrogens is 403 g/mol. The zero-order valence-corrected chi connectivity index (χ0v) is 16.0. The van der Waals surface area contributed by atoms with Gasteiger partial charge in [-0.25, -0.2) is 0 Å². The van der Waals surface area contributed by atoms with Crippen molar-refractivity contribution in [1.82, 2.24) is 5.32 Å². The number of amides is 1. The Balaban J connectivity index is 1.62. The largest absolute Gasteiger partial charge is 0.488 e. The zero-order valence-electron chi connectivity index (χ0n) is 15.1. The third-order valence-corrected chi connectivity index (χ3v) is 4.99. The SMILES string of the molecule is O=C(NCC(O)c1ccccc1C(F)(F)F)c1cccc(OCc2cccs2)c1. The minimum absolute atomic E-state index is 0.282. The van der Waals surface area contributed by atoms with Crippen LogP contribution in [-0.2, 0) is 12.8 Å². The summed E-state index contributed by atoms with van der Waals surface area (Å²) in [5, 5.41) is 14.6. The summed E-state index contributed by atoms with van der Waals surface area (Å²) in [6.07, 6.45) is -6.08. The smallest absolute Gasteiger partial charge is 0.416 e. The highest BCUT2D eigenvalue weighted by Crippen LogP contribution is 2.34. The fourth-order valence-electron chi connectivity index (χ4n) is 2.72. The van der Waals surface area contributed by atoms with Gasteiger partial charge in [0.15, 0.2) is 0 Å². The molecule has 1 atom stereocenters. The minimum atomic E-state index is -4.59. The lowest BCUT2D eigenvalue weighted by atomic mass is 10.0. The second kappa shape index (κ2) is 9.11. The van der Waals surface area contributed by atoms with Crippen molar-refractivity contribution in [2.24, 2.45) is 0 Å². The molecule has 1 unspecified atom stereocenters. The van der Waals surface area contributed by atoms with Crippen molar-refractivity contribution in [3.63, 3.8) is 0 Å². The first-order valence-corrected chi connectivity index (χ1v) is 9.60. The lowest BCUT2D eigenvalue weighted by molar-refractivity contribution is -0.139. The summed E-state index contributed by atoms with van der Waals surface area (Å²) in [5.41, 5.74) is -0.927. The number of ether oxygens (including phenoxy) is 1. The number of halogens is 3. The van der Waals surface area contributed by atoms with E-state index in [1.165, 1.54) is 18.2 Å². The van der Waals surface area contributed by atoms with Crippen LogP contribution in [0.5, 0.6) is 5.75 Å².